The minimum Gasteiger partial charge on any atom is -0.493 e. The van der Waals surface area contributed by atoms with E-state index < -0.39 is 0 Å². The Kier molecular flexibility index (Phi) is 6.39. The zero-order valence-electron chi connectivity index (χ0n) is 15.8. The number of morpholine rings is 1. The van der Waals surface area contributed by atoms with Gasteiger partial charge in [-0.05, 0) is 47.5 Å². The summed E-state index contributed by atoms with van der Waals surface area (Å²) in [6, 6.07) is 13.4. The van der Waals surface area contributed by atoms with Crippen LogP contribution in [-0.2, 0) is 11.3 Å². The van der Waals surface area contributed by atoms with E-state index in [0.29, 0.717) is 41.2 Å². The van der Waals surface area contributed by atoms with E-state index in [-0.39, 0.29) is 18.1 Å². The lowest BCUT2D eigenvalue weighted by molar-refractivity contribution is -0.0586. The van der Waals surface area contributed by atoms with Crippen LogP contribution in [-0.4, -0.2) is 43.2 Å². The molecule has 0 unspecified atom stereocenters. The average molecular weight is 434 g/mol. The highest BCUT2D eigenvalue weighted by Gasteiger charge is 2.27. The molecule has 27 heavy (non-hydrogen) atoms. The van der Waals surface area contributed by atoms with Gasteiger partial charge in [0, 0.05) is 18.7 Å². The van der Waals surface area contributed by atoms with Crippen molar-refractivity contribution in [3.63, 3.8) is 0 Å². The van der Waals surface area contributed by atoms with Crippen LogP contribution in [0.15, 0.2) is 46.9 Å². The Balaban J connectivity index is 1.80. The van der Waals surface area contributed by atoms with Gasteiger partial charge >= 0.3 is 0 Å². The summed E-state index contributed by atoms with van der Waals surface area (Å²) in [5, 5.41) is 0. The Morgan fingerprint density at radius 2 is 1.85 bits per heavy atom. The highest BCUT2D eigenvalue weighted by molar-refractivity contribution is 9.10. The van der Waals surface area contributed by atoms with Crippen molar-refractivity contribution in [2.75, 3.05) is 20.2 Å². The molecule has 1 fully saturated rings. The topological polar surface area (TPSA) is 48.0 Å². The van der Waals surface area contributed by atoms with Crippen molar-refractivity contribution in [1.29, 1.82) is 0 Å². The number of benzene rings is 2. The van der Waals surface area contributed by atoms with E-state index in [9.17, 15) is 4.79 Å². The first-order valence-corrected chi connectivity index (χ1v) is 9.76. The number of ether oxygens (including phenoxy) is 3. The summed E-state index contributed by atoms with van der Waals surface area (Å²) in [5.74, 6) is 1.07. The largest absolute Gasteiger partial charge is 0.493 e. The fraction of sp³-hybridized carbons (Fsp3) is 0.381. The Bertz CT molecular complexity index is 786. The third-order valence-electron chi connectivity index (χ3n) is 4.41. The molecule has 0 radical (unpaired) electrons. The van der Waals surface area contributed by atoms with Gasteiger partial charge in [-0.25, -0.2) is 0 Å². The molecule has 1 aliphatic rings. The van der Waals surface area contributed by atoms with Gasteiger partial charge in [0.1, 0.15) is 6.61 Å². The average Bonchev–Trinajstić information content (AvgIpc) is 2.66. The van der Waals surface area contributed by atoms with Crippen LogP contribution >= 0.6 is 15.9 Å². The summed E-state index contributed by atoms with van der Waals surface area (Å²) in [6.07, 6.45) is 0.0491. The van der Waals surface area contributed by atoms with Gasteiger partial charge in [-0.2, -0.15) is 0 Å². The molecule has 1 saturated heterocycles. The number of halogens is 1. The van der Waals surface area contributed by atoms with Gasteiger partial charge in [-0.1, -0.05) is 30.3 Å². The van der Waals surface area contributed by atoms with Crippen molar-refractivity contribution in [3.8, 4) is 11.5 Å². The first kappa shape index (κ1) is 19.7. The fourth-order valence-electron chi connectivity index (χ4n) is 3.24. The van der Waals surface area contributed by atoms with Crippen LogP contribution < -0.4 is 9.47 Å². The maximum Gasteiger partial charge on any atom is 0.254 e. The number of rotatable bonds is 5. The maximum atomic E-state index is 13.0. The molecule has 2 aromatic carbocycles. The molecule has 0 aliphatic carbocycles. The number of amides is 1. The first-order valence-electron chi connectivity index (χ1n) is 8.97. The zero-order valence-corrected chi connectivity index (χ0v) is 17.4. The number of hydrogen-bond acceptors (Lipinski definition) is 4. The van der Waals surface area contributed by atoms with Gasteiger partial charge in [0.2, 0.25) is 0 Å². The van der Waals surface area contributed by atoms with Crippen molar-refractivity contribution < 1.29 is 19.0 Å². The zero-order chi connectivity index (χ0) is 19.4. The summed E-state index contributed by atoms with van der Waals surface area (Å²) in [6.45, 7) is 5.53. The van der Waals surface area contributed by atoms with Crippen molar-refractivity contribution in [3.05, 3.63) is 58.1 Å². The van der Waals surface area contributed by atoms with E-state index in [2.05, 4.69) is 15.9 Å². The molecule has 6 heteroatoms. The summed E-state index contributed by atoms with van der Waals surface area (Å²) in [5.41, 5.74) is 1.62. The predicted octanol–water partition coefficient (Wildman–Crippen LogP) is 4.29. The molecule has 0 aromatic heterocycles. The van der Waals surface area contributed by atoms with Gasteiger partial charge < -0.3 is 19.1 Å². The molecule has 5 nitrogen and oxygen atoms in total. The van der Waals surface area contributed by atoms with Crippen LogP contribution in [0.3, 0.4) is 0 Å². The lowest BCUT2D eigenvalue weighted by Crippen LogP contribution is -2.48. The van der Waals surface area contributed by atoms with E-state index in [1.165, 1.54) is 0 Å². The lowest BCUT2D eigenvalue weighted by Gasteiger charge is -2.35. The minimum absolute atomic E-state index is 0.0246. The quantitative estimate of drug-likeness (QED) is 0.705. The standard InChI is InChI=1S/C21H24BrNO4/c1-14-11-23(12-15(2)27-14)21(24)17-9-18(22)20(19(10-17)25-3)26-13-16-7-5-4-6-8-16/h4-10,14-15H,11-13H2,1-3H3/t14-,15+. The molecule has 0 saturated carbocycles. The van der Waals surface area contributed by atoms with Crippen molar-refractivity contribution >= 4 is 21.8 Å². The fourth-order valence-corrected chi connectivity index (χ4v) is 3.80. The minimum atomic E-state index is -0.0365. The first-order chi connectivity index (χ1) is 13.0. The smallest absolute Gasteiger partial charge is 0.254 e. The van der Waals surface area contributed by atoms with Crippen LogP contribution in [0, 0.1) is 0 Å². The van der Waals surface area contributed by atoms with E-state index in [4.69, 9.17) is 14.2 Å². The van der Waals surface area contributed by atoms with Crippen LogP contribution in [0.1, 0.15) is 29.8 Å². The highest BCUT2D eigenvalue weighted by Crippen LogP contribution is 2.37. The molecular weight excluding hydrogens is 410 g/mol. The molecule has 2 aromatic rings. The normalized spacial score (nSPS) is 19.6. The number of carbonyl (C=O) groups is 1. The van der Waals surface area contributed by atoms with Crippen molar-refractivity contribution in [1.82, 2.24) is 4.90 Å². The number of methoxy groups -OCH3 is 1. The number of nitrogens with zero attached hydrogens (tertiary/aromatic N) is 1. The van der Waals surface area contributed by atoms with E-state index in [1.807, 2.05) is 49.1 Å². The second-order valence-corrected chi connectivity index (χ2v) is 7.59. The van der Waals surface area contributed by atoms with Gasteiger partial charge in [0.25, 0.3) is 5.91 Å². The maximum absolute atomic E-state index is 13.0. The van der Waals surface area contributed by atoms with Gasteiger partial charge in [0.05, 0.1) is 23.8 Å². The van der Waals surface area contributed by atoms with Crippen molar-refractivity contribution in [2.24, 2.45) is 0 Å². The molecule has 0 N–H and O–H groups in total. The lowest BCUT2D eigenvalue weighted by atomic mass is 10.1. The Labute approximate surface area is 168 Å². The van der Waals surface area contributed by atoms with E-state index >= 15 is 0 Å². The number of hydrogen-bond donors (Lipinski definition) is 0. The van der Waals surface area contributed by atoms with Crippen LogP contribution in [0.2, 0.25) is 0 Å². The monoisotopic (exact) mass is 433 g/mol. The SMILES string of the molecule is COc1cc(C(=O)N2C[C@@H](C)O[C@@H](C)C2)cc(Br)c1OCc1ccccc1. The van der Waals surface area contributed by atoms with Crippen LogP contribution in [0.5, 0.6) is 11.5 Å². The molecule has 1 amide bonds. The molecule has 144 valence electrons. The Morgan fingerprint density at radius 1 is 1.19 bits per heavy atom. The molecule has 1 heterocycles. The van der Waals surface area contributed by atoms with Crippen LogP contribution in [0.4, 0.5) is 0 Å². The van der Waals surface area contributed by atoms with Crippen LogP contribution in [0.25, 0.3) is 0 Å². The summed E-state index contributed by atoms with van der Waals surface area (Å²) in [4.78, 5) is 14.8. The third-order valence-corrected chi connectivity index (χ3v) is 5.00. The Morgan fingerprint density at radius 3 is 2.48 bits per heavy atom. The summed E-state index contributed by atoms with van der Waals surface area (Å²) < 4.78 is 17.8. The van der Waals surface area contributed by atoms with Gasteiger partial charge in [-0.15, -0.1) is 0 Å². The molecule has 2 atom stereocenters. The summed E-state index contributed by atoms with van der Waals surface area (Å²) >= 11 is 3.53. The molecule has 0 spiro atoms. The second-order valence-electron chi connectivity index (χ2n) is 6.73. The molecule has 3 rings (SSSR count). The molecule has 1 aliphatic heterocycles. The van der Waals surface area contributed by atoms with E-state index in [0.717, 1.165) is 5.56 Å². The second kappa shape index (κ2) is 8.76. The Hall–Kier alpha value is -2.05. The molecule has 0 bridgehead atoms. The predicted molar refractivity (Wildman–Crippen MR) is 107 cm³/mol. The van der Waals surface area contributed by atoms with Gasteiger partial charge in [0.15, 0.2) is 11.5 Å². The summed E-state index contributed by atoms with van der Waals surface area (Å²) in [7, 11) is 1.57. The number of carbonyl (C=O) groups excluding carboxylic acids is 1. The van der Waals surface area contributed by atoms with Gasteiger partial charge in [-0.3, -0.25) is 4.79 Å². The third kappa shape index (κ3) is 4.82. The van der Waals surface area contributed by atoms with Crippen molar-refractivity contribution in [2.45, 2.75) is 32.7 Å². The highest BCUT2D eigenvalue weighted by atomic mass is 79.9. The molecular formula is C21H24BrNO4. The van der Waals surface area contributed by atoms with E-state index in [1.54, 1.807) is 19.2 Å².